The number of nitrogens with two attached hydrogens (primary N) is 1. The lowest BCUT2D eigenvalue weighted by molar-refractivity contribution is 0.0702. The minimum atomic E-state index is 0.00708. The fraction of sp³-hybridized carbons (Fsp3) is 0.692. The zero-order chi connectivity index (χ0) is 13.3. The third-order valence-corrected chi connectivity index (χ3v) is 3.47. The quantitative estimate of drug-likeness (QED) is 0.855. The van der Waals surface area contributed by atoms with Gasteiger partial charge in [-0.3, -0.25) is 9.48 Å². The van der Waals surface area contributed by atoms with Gasteiger partial charge in [-0.15, -0.1) is 0 Å². The minimum absolute atomic E-state index is 0.00708. The molecule has 1 fully saturated rings. The lowest BCUT2D eigenvalue weighted by Crippen LogP contribution is -2.45. The fourth-order valence-corrected chi connectivity index (χ4v) is 2.48. The molecule has 2 heterocycles. The van der Waals surface area contributed by atoms with Crippen LogP contribution in [0, 0.1) is 0 Å². The van der Waals surface area contributed by atoms with Gasteiger partial charge in [0.2, 0.25) is 0 Å². The third kappa shape index (κ3) is 2.56. The Kier molecular flexibility index (Phi) is 3.71. The molecule has 2 rings (SSSR count). The summed E-state index contributed by atoms with van der Waals surface area (Å²) in [7, 11) is 1.88. The second kappa shape index (κ2) is 5.10. The van der Waals surface area contributed by atoms with E-state index in [4.69, 9.17) is 5.73 Å². The molecule has 0 spiro atoms. The Balaban J connectivity index is 2.15. The van der Waals surface area contributed by atoms with Crippen LogP contribution in [0.3, 0.4) is 0 Å². The molecule has 1 aliphatic rings. The predicted octanol–water partition coefficient (Wildman–Crippen LogP) is 1.11. The molecule has 18 heavy (non-hydrogen) atoms. The predicted molar refractivity (Wildman–Crippen MR) is 70.4 cm³/mol. The molecule has 100 valence electrons. The number of hydrogen-bond donors (Lipinski definition) is 1. The van der Waals surface area contributed by atoms with Crippen LogP contribution in [0.5, 0.6) is 0 Å². The summed E-state index contributed by atoms with van der Waals surface area (Å²) in [4.78, 5) is 14.1. The Labute approximate surface area is 108 Å². The minimum Gasteiger partial charge on any atom is -0.336 e. The average Bonchev–Trinajstić information content (AvgIpc) is 2.70. The number of rotatable bonds is 2. The van der Waals surface area contributed by atoms with Crippen LogP contribution >= 0.6 is 0 Å². The maximum absolute atomic E-state index is 12.3. The largest absolute Gasteiger partial charge is 0.336 e. The number of likely N-dealkylation sites (tertiary alicyclic amines) is 1. The lowest BCUT2D eigenvalue weighted by atomic mass is 10.1. The van der Waals surface area contributed by atoms with Crippen molar-refractivity contribution in [2.45, 2.75) is 38.6 Å². The van der Waals surface area contributed by atoms with E-state index < -0.39 is 0 Å². The molecule has 1 unspecified atom stereocenters. The van der Waals surface area contributed by atoms with Gasteiger partial charge < -0.3 is 10.6 Å². The van der Waals surface area contributed by atoms with Crippen molar-refractivity contribution in [3.63, 3.8) is 0 Å². The van der Waals surface area contributed by atoms with Gasteiger partial charge in [0.1, 0.15) is 0 Å². The van der Waals surface area contributed by atoms with Gasteiger partial charge >= 0.3 is 0 Å². The Hall–Kier alpha value is -1.36. The van der Waals surface area contributed by atoms with Gasteiger partial charge in [-0.05, 0) is 24.8 Å². The van der Waals surface area contributed by atoms with E-state index in [0.717, 1.165) is 25.1 Å². The molecule has 0 aromatic carbocycles. The molecule has 0 saturated carbocycles. The van der Waals surface area contributed by atoms with Gasteiger partial charge in [-0.2, -0.15) is 5.10 Å². The van der Waals surface area contributed by atoms with Crippen molar-refractivity contribution < 1.29 is 4.79 Å². The van der Waals surface area contributed by atoms with Crippen molar-refractivity contribution in [1.29, 1.82) is 0 Å². The van der Waals surface area contributed by atoms with Crippen molar-refractivity contribution in [3.8, 4) is 0 Å². The summed E-state index contributed by atoms with van der Waals surface area (Å²) in [5.74, 6) is 0.375. The summed E-state index contributed by atoms with van der Waals surface area (Å²) >= 11 is 0. The molecule has 1 amide bonds. The van der Waals surface area contributed by atoms with Gasteiger partial charge in [0.15, 0.2) is 5.69 Å². The second-order valence-corrected chi connectivity index (χ2v) is 5.39. The van der Waals surface area contributed by atoms with E-state index in [1.807, 2.05) is 18.0 Å². The SMILES string of the molecule is CC(C)c1cc(C(=O)N2CCCC(N)C2)nn1C. The molecule has 1 aromatic heterocycles. The number of aryl methyl sites for hydroxylation is 1. The Morgan fingerprint density at radius 2 is 2.28 bits per heavy atom. The van der Waals surface area contributed by atoms with Crippen molar-refractivity contribution in [1.82, 2.24) is 14.7 Å². The molecule has 0 radical (unpaired) electrons. The Morgan fingerprint density at radius 3 is 2.83 bits per heavy atom. The van der Waals surface area contributed by atoms with Crippen molar-refractivity contribution >= 4 is 5.91 Å². The highest BCUT2D eigenvalue weighted by Gasteiger charge is 2.24. The summed E-state index contributed by atoms with van der Waals surface area (Å²) in [5, 5.41) is 4.32. The van der Waals surface area contributed by atoms with Gasteiger partial charge in [-0.25, -0.2) is 0 Å². The van der Waals surface area contributed by atoms with Crippen molar-refractivity contribution in [2.75, 3.05) is 13.1 Å². The smallest absolute Gasteiger partial charge is 0.274 e. The zero-order valence-corrected chi connectivity index (χ0v) is 11.4. The van der Waals surface area contributed by atoms with E-state index in [1.54, 1.807) is 4.68 Å². The molecular weight excluding hydrogens is 228 g/mol. The van der Waals surface area contributed by atoms with Crippen LogP contribution in [0.2, 0.25) is 0 Å². The van der Waals surface area contributed by atoms with Gasteiger partial charge in [0, 0.05) is 31.9 Å². The summed E-state index contributed by atoms with van der Waals surface area (Å²) in [6, 6.07) is 2.00. The molecule has 0 aliphatic carbocycles. The Bertz CT molecular complexity index is 438. The van der Waals surface area contributed by atoms with Crippen molar-refractivity contribution in [3.05, 3.63) is 17.5 Å². The molecule has 1 atom stereocenters. The van der Waals surface area contributed by atoms with E-state index in [1.165, 1.54) is 0 Å². The van der Waals surface area contributed by atoms with Crippen LogP contribution in [0.1, 0.15) is 48.8 Å². The first-order chi connectivity index (χ1) is 8.49. The van der Waals surface area contributed by atoms with Crippen molar-refractivity contribution in [2.24, 2.45) is 12.8 Å². The number of aromatic nitrogens is 2. The van der Waals surface area contributed by atoms with E-state index in [9.17, 15) is 4.79 Å². The van der Waals surface area contributed by atoms with Crippen LogP contribution < -0.4 is 5.73 Å². The summed E-state index contributed by atoms with van der Waals surface area (Å²) < 4.78 is 1.79. The van der Waals surface area contributed by atoms with Gasteiger partial charge in [-0.1, -0.05) is 13.8 Å². The number of hydrogen-bond acceptors (Lipinski definition) is 3. The van der Waals surface area contributed by atoms with E-state index in [2.05, 4.69) is 18.9 Å². The van der Waals surface area contributed by atoms with E-state index in [-0.39, 0.29) is 11.9 Å². The van der Waals surface area contributed by atoms with E-state index in [0.29, 0.717) is 18.2 Å². The number of nitrogens with zero attached hydrogens (tertiary/aromatic N) is 3. The van der Waals surface area contributed by atoms with E-state index >= 15 is 0 Å². The molecule has 0 bridgehead atoms. The number of amides is 1. The first kappa shape index (κ1) is 13.1. The highest BCUT2D eigenvalue weighted by Crippen LogP contribution is 2.17. The molecular formula is C13H22N4O. The maximum atomic E-state index is 12.3. The van der Waals surface area contributed by atoms with Gasteiger partial charge in [0.05, 0.1) is 0 Å². The standard InChI is InChI=1S/C13H22N4O/c1-9(2)12-7-11(15-16(12)3)13(18)17-6-4-5-10(14)8-17/h7,9-10H,4-6,8,14H2,1-3H3. The molecule has 5 nitrogen and oxygen atoms in total. The maximum Gasteiger partial charge on any atom is 0.274 e. The van der Waals surface area contributed by atoms with Crippen LogP contribution in [-0.2, 0) is 7.05 Å². The first-order valence-electron chi connectivity index (χ1n) is 6.58. The number of piperidine rings is 1. The molecule has 2 N–H and O–H groups in total. The Morgan fingerprint density at radius 1 is 1.56 bits per heavy atom. The fourth-order valence-electron chi connectivity index (χ4n) is 2.48. The number of carbonyl (C=O) groups is 1. The van der Waals surface area contributed by atoms with Crippen LogP contribution in [0.4, 0.5) is 0 Å². The summed E-state index contributed by atoms with van der Waals surface area (Å²) in [5.41, 5.74) is 7.53. The molecule has 1 aliphatic heterocycles. The lowest BCUT2D eigenvalue weighted by Gasteiger charge is -2.30. The van der Waals surface area contributed by atoms with Crippen LogP contribution in [0.15, 0.2) is 6.07 Å². The highest BCUT2D eigenvalue weighted by atomic mass is 16.2. The van der Waals surface area contributed by atoms with Crippen LogP contribution in [0.25, 0.3) is 0 Å². The molecule has 1 aromatic rings. The van der Waals surface area contributed by atoms with Crippen LogP contribution in [-0.4, -0.2) is 39.7 Å². The topological polar surface area (TPSA) is 64.2 Å². The summed E-state index contributed by atoms with van der Waals surface area (Å²) in [6.45, 7) is 5.64. The molecule has 5 heteroatoms. The third-order valence-electron chi connectivity index (χ3n) is 3.47. The monoisotopic (exact) mass is 250 g/mol. The number of carbonyl (C=O) groups excluding carboxylic acids is 1. The highest BCUT2D eigenvalue weighted by molar-refractivity contribution is 5.92. The summed E-state index contributed by atoms with van der Waals surface area (Å²) in [6.07, 6.45) is 1.99. The average molecular weight is 250 g/mol. The molecule has 1 saturated heterocycles. The van der Waals surface area contributed by atoms with Gasteiger partial charge in [0.25, 0.3) is 5.91 Å². The normalized spacial score (nSPS) is 20.5. The first-order valence-corrected chi connectivity index (χ1v) is 6.58. The zero-order valence-electron chi connectivity index (χ0n) is 11.4. The second-order valence-electron chi connectivity index (χ2n) is 5.39.